The Morgan fingerprint density at radius 3 is 2.67 bits per heavy atom. The summed E-state index contributed by atoms with van der Waals surface area (Å²) in [4.78, 5) is 21.2. The zero-order valence-corrected chi connectivity index (χ0v) is 9.49. The second-order valence-corrected chi connectivity index (χ2v) is 3.68. The number of unbranched alkanes of at least 4 members (excludes halogenated alkanes) is 2. The maximum Gasteiger partial charge on any atom is 0.323 e. The van der Waals surface area contributed by atoms with Gasteiger partial charge in [0.15, 0.2) is 6.29 Å². The molecule has 0 saturated heterocycles. The Kier molecular flexibility index (Phi) is 7.91. The smallest absolute Gasteiger partial charge is 0.323 e. The van der Waals surface area contributed by atoms with Crippen molar-refractivity contribution in [1.29, 1.82) is 0 Å². The molecule has 4 nitrogen and oxygen atoms in total. The van der Waals surface area contributed by atoms with Crippen LogP contribution >= 0.6 is 0 Å². The highest BCUT2D eigenvalue weighted by Gasteiger charge is 2.20. The van der Waals surface area contributed by atoms with Crippen LogP contribution in [0.15, 0.2) is 0 Å². The lowest BCUT2D eigenvalue weighted by Gasteiger charge is -2.16. The van der Waals surface area contributed by atoms with Gasteiger partial charge in [0, 0.05) is 6.42 Å². The maximum atomic E-state index is 11.4. The maximum absolute atomic E-state index is 11.4. The molecule has 0 aliphatic heterocycles. The Morgan fingerprint density at radius 1 is 1.47 bits per heavy atom. The largest absolute Gasteiger partial charge is 0.465 e. The van der Waals surface area contributed by atoms with E-state index < -0.39 is 6.04 Å². The molecule has 2 atom stereocenters. The van der Waals surface area contributed by atoms with Crippen molar-refractivity contribution < 1.29 is 14.3 Å². The molecule has 0 bridgehead atoms. The van der Waals surface area contributed by atoms with Crippen molar-refractivity contribution in [1.82, 2.24) is 0 Å². The van der Waals surface area contributed by atoms with Crippen molar-refractivity contribution in [3.8, 4) is 0 Å². The summed E-state index contributed by atoms with van der Waals surface area (Å²) in [6.07, 6.45) is 4.44. The minimum Gasteiger partial charge on any atom is -0.465 e. The number of carbonyl (C=O) groups is 1. The highest BCUT2D eigenvalue weighted by Crippen LogP contribution is 2.07. The molecule has 0 aromatic heterocycles. The summed E-state index contributed by atoms with van der Waals surface area (Å²) in [5.74, 6) is -0.208. The SMILES string of the molecule is CC[C@H](C)[C@H](N)C(=O)OCCCC[C]=O. The minimum absolute atomic E-state index is 0.140. The van der Waals surface area contributed by atoms with E-state index in [0.717, 1.165) is 6.42 Å². The van der Waals surface area contributed by atoms with Crippen LogP contribution in [0.1, 0.15) is 39.5 Å². The summed E-state index contributed by atoms with van der Waals surface area (Å²) < 4.78 is 4.98. The van der Waals surface area contributed by atoms with Crippen molar-refractivity contribution in [2.45, 2.75) is 45.6 Å². The van der Waals surface area contributed by atoms with Gasteiger partial charge in [-0.15, -0.1) is 0 Å². The second kappa shape index (κ2) is 8.41. The van der Waals surface area contributed by atoms with Crippen molar-refractivity contribution >= 4 is 12.3 Å². The van der Waals surface area contributed by atoms with Gasteiger partial charge >= 0.3 is 5.97 Å². The van der Waals surface area contributed by atoms with Crippen LogP contribution in [0.4, 0.5) is 0 Å². The third kappa shape index (κ3) is 6.23. The van der Waals surface area contributed by atoms with Gasteiger partial charge in [0.2, 0.25) is 0 Å². The number of ether oxygens (including phenoxy) is 1. The van der Waals surface area contributed by atoms with Crippen LogP contribution in [0.25, 0.3) is 0 Å². The van der Waals surface area contributed by atoms with Crippen molar-refractivity contribution in [3.63, 3.8) is 0 Å². The van der Waals surface area contributed by atoms with Crippen molar-refractivity contribution in [2.75, 3.05) is 6.61 Å². The van der Waals surface area contributed by atoms with E-state index in [1.165, 1.54) is 0 Å². The lowest BCUT2D eigenvalue weighted by atomic mass is 10.0. The highest BCUT2D eigenvalue weighted by atomic mass is 16.5. The van der Waals surface area contributed by atoms with Crippen LogP contribution in [0.5, 0.6) is 0 Å². The van der Waals surface area contributed by atoms with Gasteiger partial charge in [-0.05, 0) is 18.8 Å². The van der Waals surface area contributed by atoms with Crippen LogP contribution in [0.3, 0.4) is 0 Å². The first-order valence-electron chi connectivity index (χ1n) is 5.40. The zero-order valence-electron chi connectivity index (χ0n) is 9.49. The molecular formula is C11H20NO3. The van der Waals surface area contributed by atoms with E-state index in [4.69, 9.17) is 10.5 Å². The molecular weight excluding hydrogens is 194 g/mol. The van der Waals surface area contributed by atoms with Gasteiger partial charge in [-0.1, -0.05) is 20.3 Å². The van der Waals surface area contributed by atoms with E-state index in [-0.39, 0.29) is 11.9 Å². The molecule has 0 fully saturated rings. The predicted octanol–water partition coefficient (Wildman–Crippen LogP) is 1.18. The van der Waals surface area contributed by atoms with E-state index in [1.807, 2.05) is 13.8 Å². The van der Waals surface area contributed by atoms with Gasteiger partial charge in [-0.2, -0.15) is 0 Å². The quantitative estimate of drug-likeness (QED) is 0.486. The monoisotopic (exact) mass is 214 g/mol. The number of rotatable bonds is 8. The molecule has 0 aliphatic carbocycles. The lowest BCUT2D eigenvalue weighted by molar-refractivity contribution is -0.146. The first kappa shape index (κ1) is 14.1. The molecule has 0 amide bonds. The minimum atomic E-state index is -0.535. The number of hydrogen-bond acceptors (Lipinski definition) is 4. The van der Waals surface area contributed by atoms with Gasteiger partial charge in [-0.3, -0.25) is 9.59 Å². The molecule has 4 heteroatoms. The Balaban J connectivity index is 3.60. The second-order valence-electron chi connectivity index (χ2n) is 3.68. The average Bonchev–Trinajstić information content (AvgIpc) is 2.26. The fourth-order valence-electron chi connectivity index (χ4n) is 1.05. The standard InChI is InChI=1S/C11H20NO3/c1-3-9(2)10(12)11(14)15-8-6-4-5-7-13/h9-10H,3-6,8,12H2,1-2H3/t9-,10-/m0/s1. The molecule has 2 N–H and O–H groups in total. The molecule has 0 saturated carbocycles. The van der Waals surface area contributed by atoms with E-state index in [2.05, 4.69) is 0 Å². The molecule has 0 aromatic carbocycles. The molecule has 87 valence electrons. The summed E-state index contributed by atoms with van der Waals surface area (Å²) in [6.45, 7) is 4.25. The van der Waals surface area contributed by atoms with Gasteiger partial charge in [-0.25, -0.2) is 0 Å². The van der Waals surface area contributed by atoms with Crippen molar-refractivity contribution in [2.24, 2.45) is 11.7 Å². The summed E-state index contributed by atoms with van der Waals surface area (Å²) in [7, 11) is 0. The third-order valence-corrected chi connectivity index (χ3v) is 2.45. The fraction of sp³-hybridized carbons (Fsp3) is 0.818. The van der Waals surface area contributed by atoms with Gasteiger partial charge in [0.25, 0.3) is 0 Å². The van der Waals surface area contributed by atoms with E-state index in [0.29, 0.717) is 25.9 Å². The number of hydrogen-bond donors (Lipinski definition) is 1. The summed E-state index contributed by atoms with van der Waals surface area (Å²) in [5.41, 5.74) is 5.68. The predicted molar refractivity (Wildman–Crippen MR) is 57.9 cm³/mol. The Hall–Kier alpha value is -0.900. The molecule has 0 aliphatic rings. The van der Waals surface area contributed by atoms with Crippen LogP contribution in [0, 0.1) is 5.92 Å². The molecule has 0 unspecified atom stereocenters. The van der Waals surface area contributed by atoms with Crippen LogP contribution in [-0.4, -0.2) is 24.9 Å². The van der Waals surface area contributed by atoms with Crippen LogP contribution in [-0.2, 0) is 14.3 Å². The molecule has 0 spiro atoms. The Bertz CT molecular complexity index is 194. The normalized spacial score (nSPS) is 14.3. The lowest BCUT2D eigenvalue weighted by Crippen LogP contribution is -2.38. The number of carbonyl (C=O) groups excluding carboxylic acids is 2. The zero-order chi connectivity index (χ0) is 11.7. The van der Waals surface area contributed by atoms with E-state index in [1.54, 1.807) is 6.29 Å². The van der Waals surface area contributed by atoms with E-state index >= 15 is 0 Å². The fourth-order valence-corrected chi connectivity index (χ4v) is 1.05. The summed E-state index contributed by atoms with van der Waals surface area (Å²) in [6, 6.07) is -0.535. The first-order chi connectivity index (χ1) is 7.13. The Labute approximate surface area is 91.2 Å². The molecule has 0 aromatic rings. The molecule has 1 radical (unpaired) electrons. The van der Waals surface area contributed by atoms with Crippen molar-refractivity contribution in [3.05, 3.63) is 0 Å². The van der Waals surface area contributed by atoms with Gasteiger partial charge < -0.3 is 10.5 Å². The number of nitrogens with two attached hydrogens (primary N) is 1. The highest BCUT2D eigenvalue weighted by molar-refractivity contribution is 5.75. The van der Waals surface area contributed by atoms with Gasteiger partial charge in [0.1, 0.15) is 6.04 Å². The molecule has 0 heterocycles. The van der Waals surface area contributed by atoms with Gasteiger partial charge in [0.05, 0.1) is 6.61 Å². The summed E-state index contributed by atoms with van der Waals surface area (Å²) >= 11 is 0. The average molecular weight is 214 g/mol. The first-order valence-corrected chi connectivity index (χ1v) is 5.40. The summed E-state index contributed by atoms with van der Waals surface area (Å²) in [5, 5.41) is 0. The Morgan fingerprint density at radius 2 is 2.13 bits per heavy atom. The third-order valence-electron chi connectivity index (χ3n) is 2.45. The van der Waals surface area contributed by atoms with Crippen LogP contribution in [0.2, 0.25) is 0 Å². The topological polar surface area (TPSA) is 69.4 Å². The molecule has 0 rings (SSSR count). The van der Waals surface area contributed by atoms with Crippen LogP contribution < -0.4 is 5.73 Å². The molecule has 15 heavy (non-hydrogen) atoms. The van der Waals surface area contributed by atoms with E-state index in [9.17, 15) is 9.59 Å². The number of esters is 1.